The number of hydrogen-bond acceptors (Lipinski definition) is 1. The lowest BCUT2D eigenvalue weighted by Gasteiger charge is -2.12. The first-order valence-electron chi connectivity index (χ1n) is 4.98. The second-order valence-corrected chi connectivity index (χ2v) is 5.45. The minimum absolute atomic E-state index is 0.485. The molecule has 0 aliphatic rings. The SMILES string of the molecule is CCCCC(C)SCC([S])CC. The first-order chi connectivity index (χ1) is 5.70. The molecule has 0 heterocycles. The molecule has 2 atom stereocenters. The van der Waals surface area contributed by atoms with Gasteiger partial charge in [0.15, 0.2) is 0 Å². The van der Waals surface area contributed by atoms with Gasteiger partial charge in [-0.2, -0.15) is 11.8 Å². The highest BCUT2D eigenvalue weighted by molar-refractivity contribution is 8.00. The van der Waals surface area contributed by atoms with E-state index in [1.807, 2.05) is 11.8 Å². The van der Waals surface area contributed by atoms with Crippen molar-refractivity contribution in [2.75, 3.05) is 5.75 Å². The molecule has 0 saturated carbocycles. The van der Waals surface area contributed by atoms with Crippen LogP contribution in [-0.2, 0) is 0 Å². The van der Waals surface area contributed by atoms with E-state index in [-0.39, 0.29) is 0 Å². The van der Waals surface area contributed by atoms with Crippen LogP contribution < -0.4 is 0 Å². The van der Waals surface area contributed by atoms with Crippen LogP contribution in [0.5, 0.6) is 0 Å². The largest absolute Gasteiger partial charge is 0.158 e. The summed E-state index contributed by atoms with van der Waals surface area (Å²) < 4.78 is 0. The van der Waals surface area contributed by atoms with Crippen molar-refractivity contribution in [3.8, 4) is 0 Å². The zero-order valence-electron chi connectivity index (χ0n) is 8.51. The van der Waals surface area contributed by atoms with Gasteiger partial charge in [-0.05, 0) is 12.8 Å². The molecule has 2 heteroatoms. The standard InChI is InChI=1S/C10H21S2/c1-4-6-7-9(3)12-8-10(11)5-2/h9-10H,4-8H2,1-3H3. The van der Waals surface area contributed by atoms with Gasteiger partial charge < -0.3 is 0 Å². The minimum Gasteiger partial charge on any atom is -0.158 e. The zero-order chi connectivity index (χ0) is 9.40. The van der Waals surface area contributed by atoms with Gasteiger partial charge in [0.25, 0.3) is 0 Å². The second kappa shape index (κ2) is 8.31. The summed E-state index contributed by atoms with van der Waals surface area (Å²) in [5.74, 6) is 1.16. The molecule has 0 spiro atoms. The summed E-state index contributed by atoms with van der Waals surface area (Å²) in [5, 5.41) is 1.29. The highest BCUT2D eigenvalue weighted by Crippen LogP contribution is 2.20. The Labute approximate surface area is 87.3 Å². The molecule has 0 saturated heterocycles. The van der Waals surface area contributed by atoms with Crippen molar-refractivity contribution >= 4 is 24.4 Å². The Kier molecular flexibility index (Phi) is 8.79. The summed E-state index contributed by atoms with van der Waals surface area (Å²) in [6, 6.07) is 0. The lowest BCUT2D eigenvalue weighted by molar-refractivity contribution is 0.712. The van der Waals surface area contributed by atoms with E-state index >= 15 is 0 Å². The minimum atomic E-state index is 0.485. The van der Waals surface area contributed by atoms with Gasteiger partial charge in [-0.15, -0.1) is 0 Å². The third-order valence-electron chi connectivity index (χ3n) is 1.99. The van der Waals surface area contributed by atoms with Crippen LogP contribution in [0, 0.1) is 0 Å². The fourth-order valence-electron chi connectivity index (χ4n) is 0.964. The molecule has 0 nitrogen and oxygen atoms in total. The molecule has 0 aromatic heterocycles. The van der Waals surface area contributed by atoms with Gasteiger partial charge in [-0.3, -0.25) is 0 Å². The molecule has 1 radical (unpaired) electrons. The predicted octanol–water partition coefficient (Wildman–Crippen LogP) is 4.27. The van der Waals surface area contributed by atoms with Crippen molar-refractivity contribution in [1.29, 1.82) is 0 Å². The second-order valence-electron chi connectivity index (χ2n) is 3.32. The fourth-order valence-corrected chi connectivity index (χ4v) is 2.31. The molecule has 73 valence electrons. The van der Waals surface area contributed by atoms with E-state index in [0.29, 0.717) is 5.25 Å². The number of unbranched alkanes of at least 4 members (excludes halogenated alkanes) is 1. The van der Waals surface area contributed by atoms with Crippen LogP contribution >= 0.6 is 24.4 Å². The Balaban J connectivity index is 3.24. The van der Waals surface area contributed by atoms with Crippen LogP contribution in [0.3, 0.4) is 0 Å². The van der Waals surface area contributed by atoms with E-state index in [1.54, 1.807) is 0 Å². The van der Waals surface area contributed by atoms with Crippen molar-refractivity contribution < 1.29 is 0 Å². The highest BCUT2D eigenvalue weighted by atomic mass is 32.2. The van der Waals surface area contributed by atoms with Crippen LogP contribution in [0.4, 0.5) is 0 Å². The Hall–Kier alpha value is 0.700. The van der Waals surface area contributed by atoms with Crippen molar-refractivity contribution in [3.63, 3.8) is 0 Å². The van der Waals surface area contributed by atoms with E-state index in [0.717, 1.165) is 17.4 Å². The third-order valence-corrected chi connectivity index (χ3v) is 4.10. The van der Waals surface area contributed by atoms with Gasteiger partial charge in [-0.1, -0.05) is 46.2 Å². The quantitative estimate of drug-likeness (QED) is 0.598. The molecule has 0 aromatic carbocycles. The molecule has 0 rings (SSSR count). The number of thioether (sulfide) groups is 1. The molecule has 0 aromatic rings. The van der Waals surface area contributed by atoms with Gasteiger partial charge in [0.05, 0.1) is 0 Å². The molecule has 0 bridgehead atoms. The van der Waals surface area contributed by atoms with Crippen molar-refractivity contribution in [3.05, 3.63) is 0 Å². The Morgan fingerprint density at radius 3 is 2.50 bits per heavy atom. The van der Waals surface area contributed by atoms with E-state index < -0.39 is 0 Å². The van der Waals surface area contributed by atoms with Crippen LogP contribution in [0.1, 0.15) is 46.5 Å². The molecule has 0 amide bonds. The topological polar surface area (TPSA) is 0 Å². The molecule has 0 N–H and O–H groups in total. The van der Waals surface area contributed by atoms with E-state index in [2.05, 4.69) is 20.8 Å². The summed E-state index contributed by atoms with van der Waals surface area (Å²) >= 11 is 7.29. The van der Waals surface area contributed by atoms with Crippen LogP contribution in [0.15, 0.2) is 0 Å². The monoisotopic (exact) mass is 205 g/mol. The smallest absolute Gasteiger partial charge is 0.0239 e. The van der Waals surface area contributed by atoms with Crippen LogP contribution in [-0.4, -0.2) is 16.3 Å². The third kappa shape index (κ3) is 7.35. The van der Waals surface area contributed by atoms with E-state index in [1.165, 1.54) is 19.3 Å². The zero-order valence-corrected chi connectivity index (χ0v) is 10.1. The first-order valence-corrected chi connectivity index (χ1v) is 6.50. The van der Waals surface area contributed by atoms with Gasteiger partial charge in [0, 0.05) is 16.3 Å². The van der Waals surface area contributed by atoms with E-state index in [4.69, 9.17) is 12.6 Å². The maximum Gasteiger partial charge on any atom is 0.0239 e. The first kappa shape index (κ1) is 12.7. The number of rotatable bonds is 7. The lowest BCUT2D eigenvalue weighted by Crippen LogP contribution is -2.05. The molecule has 0 aliphatic carbocycles. The lowest BCUT2D eigenvalue weighted by atomic mass is 10.2. The maximum absolute atomic E-state index is 5.25. The van der Waals surface area contributed by atoms with Gasteiger partial charge in [0.2, 0.25) is 0 Å². The van der Waals surface area contributed by atoms with Crippen molar-refractivity contribution in [2.45, 2.75) is 57.0 Å². The summed E-state index contributed by atoms with van der Waals surface area (Å²) in [7, 11) is 0. The molecular weight excluding hydrogens is 184 g/mol. The Morgan fingerprint density at radius 2 is 2.00 bits per heavy atom. The number of hydrogen-bond donors (Lipinski definition) is 0. The maximum atomic E-state index is 5.25. The summed E-state index contributed by atoms with van der Waals surface area (Å²) in [5.41, 5.74) is 0. The van der Waals surface area contributed by atoms with Crippen LogP contribution in [0.25, 0.3) is 0 Å². The van der Waals surface area contributed by atoms with Crippen molar-refractivity contribution in [2.24, 2.45) is 0 Å². The summed E-state index contributed by atoms with van der Waals surface area (Å²) in [6.07, 6.45) is 5.17. The van der Waals surface area contributed by atoms with Gasteiger partial charge >= 0.3 is 0 Å². The van der Waals surface area contributed by atoms with E-state index in [9.17, 15) is 0 Å². The Morgan fingerprint density at radius 1 is 1.33 bits per heavy atom. The van der Waals surface area contributed by atoms with Crippen molar-refractivity contribution in [1.82, 2.24) is 0 Å². The normalized spacial score (nSPS) is 16.0. The summed E-state index contributed by atoms with van der Waals surface area (Å²) in [4.78, 5) is 0. The molecular formula is C10H21S2. The predicted molar refractivity (Wildman–Crippen MR) is 63.1 cm³/mol. The summed E-state index contributed by atoms with van der Waals surface area (Å²) in [6.45, 7) is 6.74. The average Bonchev–Trinajstić information content (AvgIpc) is 2.10. The molecule has 12 heavy (non-hydrogen) atoms. The van der Waals surface area contributed by atoms with Crippen LogP contribution in [0.2, 0.25) is 0 Å². The molecule has 0 fully saturated rings. The highest BCUT2D eigenvalue weighted by Gasteiger charge is 2.05. The molecule has 2 unspecified atom stereocenters. The fraction of sp³-hybridized carbons (Fsp3) is 1.00. The Bertz CT molecular complexity index is 93.8. The van der Waals surface area contributed by atoms with Gasteiger partial charge in [-0.25, -0.2) is 0 Å². The van der Waals surface area contributed by atoms with Gasteiger partial charge in [0.1, 0.15) is 0 Å². The average molecular weight is 205 g/mol. The molecule has 0 aliphatic heterocycles.